The number of piperidine rings is 1. The van der Waals surface area contributed by atoms with E-state index in [2.05, 4.69) is 5.32 Å². The van der Waals surface area contributed by atoms with Gasteiger partial charge in [0, 0.05) is 13.1 Å². The average molecular weight is 321 g/mol. The number of nitrogens with zero attached hydrogens (tertiary/aromatic N) is 1. The molecule has 2 amide bonds. The summed E-state index contributed by atoms with van der Waals surface area (Å²) in [6.45, 7) is 0.347. The number of rotatable bonds is 6. The number of nitrogens with one attached hydrogen (secondary N) is 1. The van der Waals surface area contributed by atoms with E-state index < -0.39 is 46.2 Å². The lowest BCUT2D eigenvalue weighted by atomic mass is 9.98. The summed E-state index contributed by atoms with van der Waals surface area (Å²) in [5.74, 6) is -3.43. The highest BCUT2D eigenvalue weighted by Gasteiger charge is 2.32. The Morgan fingerprint density at radius 3 is 2.52 bits per heavy atom. The van der Waals surface area contributed by atoms with E-state index in [1.54, 1.807) is 0 Å². The Balaban J connectivity index is 2.69. The van der Waals surface area contributed by atoms with Crippen LogP contribution in [0.1, 0.15) is 19.3 Å². The summed E-state index contributed by atoms with van der Waals surface area (Å²) in [7, 11) is -3.39. The van der Waals surface area contributed by atoms with Crippen LogP contribution in [0, 0.1) is 5.92 Å². The van der Waals surface area contributed by atoms with Crippen LogP contribution in [0.15, 0.2) is 0 Å². The third kappa shape index (κ3) is 5.31. The summed E-state index contributed by atoms with van der Waals surface area (Å²) in [5.41, 5.74) is 4.92. The molecule has 1 unspecified atom stereocenters. The molecule has 1 aliphatic rings. The average Bonchev–Trinajstić information content (AvgIpc) is 2.36. The molecule has 0 spiro atoms. The molecule has 10 heteroatoms. The van der Waals surface area contributed by atoms with Gasteiger partial charge in [-0.25, -0.2) is 17.5 Å². The zero-order valence-electron chi connectivity index (χ0n) is 11.6. The Morgan fingerprint density at radius 2 is 2.05 bits per heavy atom. The van der Waals surface area contributed by atoms with Crippen LogP contribution in [-0.4, -0.2) is 61.0 Å². The smallest absolute Gasteiger partial charge is 0.326 e. The van der Waals surface area contributed by atoms with Crippen LogP contribution in [0.2, 0.25) is 0 Å². The molecule has 21 heavy (non-hydrogen) atoms. The fraction of sp³-hybridized carbons (Fsp3) is 0.727. The summed E-state index contributed by atoms with van der Waals surface area (Å²) in [5, 5.41) is 11.2. The second kappa shape index (κ2) is 6.85. The van der Waals surface area contributed by atoms with Crippen molar-refractivity contribution in [3.05, 3.63) is 0 Å². The van der Waals surface area contributed by atoms with Gasteiger partial charge in [-0.2, -0.15) is 0 Å². The number of carboxylic acids is 1. The third-order valence-electron chi connectivity index (χ3n) is 3.24. The normalized spacial score (nSPS) is 21.5. The number of hydrogen-bond donors (Lipinski definition) is 3. The van der Waals surface area contributed by atoms with Crippen molar-refractivity contribution in [1.82, 2.24) is 9.62 Å². The number of carbonyl (C=O) groups is 3. The van der Waals surface area contributed by atoms with Crippen LogP contribution in [0.5, 0.6) is 0 Å². The van der Waals surface area contributed by atoms with Gasteiger partial charge >= 0.3 is 5.97 Å². The van der Waals surface area contributed by atoms with E-state index in [1.165, 1.54) is 4.31 Å². The molecule has 1 heterocycles. The van der Waals surface area contributed by atoms with Crippen LogP contribution >= 0.6 is 0 Å². The molecule has 0 saturated carbocycles. The van der Waals surface area contributed by atoms with Crippen molar-refractivity contribution in [3.8, 4) is 0 Å². The first-order chi connectivity index (χ1) is 9.61. The number of carbonyl (C=O) groups excluding carboxylic acids is 2. The van der Waals surface area contributed by atoms with E-state index in [0.717, 1.165) is 6.26 Å². The van der Waals surface area contributed by atoms with Gasteiger partial charge in [0.2, 0.25) is 21.8 Å². The van der Waals surface area contributed by atoms with Crippen molar-refractivity contribution in [2.24, 2.45) is 11.7 Å². The van der Waals surface area contributed by atoms with Gasteiger partial charge in [0.1, 0.15) is 6.04 Å². The number of nitrogens with two attached hydrogens (primary N) is 1. The van der Waals surface area contributed by atoms with Crippen molar-refractivity contribution < 1.29 is 27.9 Å². The summed E-state index contributed by atoms with van der Waals surface area (Å²) in [4.78, 5) is 33.7. The zero-order valence-corrected chi connectivity index (χ0v) is 12.4. The maximum Gasteiger partial charge on any atom is 0.326 e. The lowest BCUT2D eigenvalue weighted by molar-refractivity contribution is -0.144. The van der Waals surface area contributed by atoms with Crippen molar-refractivity contribution in [2.45, 2.75) is 25.3 Å². The molecule has 0 aromatic carbocycles. The number of carboxylic acid groups (broad SMARTS) is 1. The highest BCUT2D eigenvalue weighted by Crippen LogP contribution is 2.19. The van der Waals surface area contributed by atoms with E-state index in [1.807, 2.05) is 0 Å². The summed E-state index contributed by atoms with van der Waals surface area (Å²) in [6, 6.07) is -1.40. The molecule has 1 rings (SSSR count). The fourth-order valence-electron chi connectivity index (χ4n) is 2.15. The van der Waals surface area contributed by atoms with Crippen molar-refractivity contribution >= 4 is 27.8 Å². The second-order valence-corrected chi connectivity index (χ2v) is 7.01. The van der Waals surface area contributed by atoms with Gasteiger partial charge in [-0.1, -0.05) is 0 Å². The van der Waals surface area contributed by atoms with Gasteiger partial charge in [-0.05, 0) is 12.8 Å². The quantitative estimate of drug-likeness (QED) is 0.521. The van der Waals surface area contributed by atoms with E-state index in [-0.39, 0.29) is 6.54 Å². The lowest BCUT2D eigenvalue weighted by Gasteiger charge is -2.30. The van der Waals surface area contributed by atoms with Gasteiger partial charge in [0.25, 0.3) is 0 Å². The van der Waals surface area contributed by atoms with E-state index in [4.69, 9.17) is 10.8 Å². The molecule has 0 aromatic heterocycles. The largest absolute Gasteiger partial charge is 0.480 e. The van der Waals surface area contributed by atoms with Gasteiger partial charge in [0.05, 0.1) is 18.6 Å². The molecule has 0 aromatic rings. The standard InChI is InChI=1S/C11H19N3O6S/c1-21(19,20)14-4-2-3-7(6-14)10(16)13-8(11(17)18)5-9(12)15/h7-8H,2-6H2,1H3,(H2,12,15)(H,13,16)(H,17,18)/t7?,8-/m1/s1. The van der Waals surface area contributed by atoms with E-state index in [0.29, 0.717) is 19.4 Å². The van der Waals surface area contributed by atoms with Crippen LogP contribution in [0.3, 0.4) is 0 Å². The molecule has 0 radical (unpaired) electrons. The Kier molecular flexibility index (Phi) is 5.67. The van der Waals surface area contributed by atoms with Crippen molar-refractivity contribution in [3.63, 3.8) is 0 Å². The highest BCUT2D eigenvalue weighted by atomic mass is 32.2. The maximum absolute atomic E-state index is 12.0. The molecule has 2 atom stereocenters. The minimum absolute atomic E-state index is 0.00752. The van der Waals surface area contributed by atoms with E-state index in [9.17, 15) is 22.8 Å². The van der Waals surface area contributed by atoms with Crippen LogP contribution in [0.4, 0.5) is 0 Å². The molecular weight excluding hydrogens is 302 g/mol. The van der Waals surface area contributed by atoms with Gasteiger partial charge < -0.3 is 16.2 Å². The first-order valence-electron chi connectivity index (χ1n) is 6.38. The highest BCUT2D eigenvalue weighted by molar-refractivity contribution is 7.88. The fourth-order valence-corrected chi connectivity index (χ4v) is 3.06. The Morgan fingerprint density at radius 1 is 1.43 bits per heavy atom. The van der Waals surface area contributed by atoms with Crippen LogP contribution in [-0.2, 0) is 24.4 Å². The first-order valence-corrected chi connectivity index (χ1v) is 8.22. The number of hydrogen-bond acceptors (Lipinski definition) is 5. The molecule has 120 valence electrons. The minimum atomic E-state index is -3.39. The summed E-state index contributed by atoms with van der Waals surface area (Å²) in [6.07, 6.45) is 1.52. The lowest BCUT2D eigenvalue weighted by Crippen LogP contribution is -2.50. The second-order valence-electron chi connectivity index (χ2n) is 5.03. The van der Waals surface area contributed by atoms with Gasteiger partial charge in [0.15, 0.2) is 0 Å². The molecule has 1 aliphatic heterocycles. The molecule has 9 nitrogen and oxygen atoms in total. The van der Waals surface area contributed by atoms with E-state index >= 15 is 0 Å². The van der Waals surface area contributed by atoms with Gasteiger partial charge in [-0.15, -0.1) is 0 Å². The minimum Gasteiger partial charge on any atom is -0.480 e. The van der Waals surface area contributed by atoms with Crippen molar-refractivity contribution in [2.75, 3.05) is 19.3 Å². The topological polar surface area (TPSA) is 147 Å². The number of primary amides is 1. The Labute approximate surface area is 122 Å². The molecule has 4 N–H and O–H groups in total. The van der Waals surface area contributed by atoms with Crippen LogP contribution in [0.25, 0.3) is 0 Å². The predicted molar refractivity (Wildman–Crippen MR) is 72.5 cm³/mol. The van der Waals surface area contributed by atoms with Crippen LogP contribution < -0.4 is 11.1 Å². The summed E-state index contributed by atoms with van der Waals surface area (Å²) < 4.78 is 24.1. The number of amides is 2. The third-order valence-corrected chi connectivity index (χ3v) is 4.51. The molecule has 1 fully saturated rings. The zero-order chi connectivity index (χ0) is 16.2. The Hall–Kier alpha value is -1.68. The Bertz CT molecular complexity index is 532. The SMILES string of the molecule is CS(=O)(=O)N1CCCC(C(=O)N[C@H](CC(N)=O)C(=O)O)C1. The monoisotopic (exact) mass is 321 g/mol. The number of aliphatic carboxylic acids is 1. The molecular formula is C11H19N3O6S. The predicted octanol–water partition coefficient (Wildman–Crippen LogP) is -1.90. The van der Waals surface area contributed by atoms with Gasteiger partial charge in [-0.3, -0.25) is 9.59 Å². The van der Waals surface area contributed by atoms with Crippen molar-refractivity contribution in [1.29, 1.82) is 0 Å². The first kappa shape index (κ1) is 17.4. The molecule has 0 aliphatic carbocycles. The molecule has 0 bridgehead atoms. The number of sulfonamides is 1. The summed E-state index contributed by atoms with van der Waals surface area (Å²) >= 11 is 0. The molecule has 1 saturated heterocycles. The maximum atomic E-state index is 12.0.